The summed E-state index contributed by atoms with van der Waals surface area (Å²) < 4.78 is 15.3. The molecule has 1 aliphatic heterocycles. The van der Waals surface area contributed by atoms with Crippen LogP contribution in [0.25, 0.3) is 0 Å². The summed E-state index contributed by atoms with van der Waals surface area (Å²) in [6, 6.07) is -0.929. The molecule has 1 fully saturated rings. The maximum absolute atomic E-state index is 11.3. The summed E-state index contributed by atoms with van der Waals surface area (Å²) >= 11 is 0. The molecule has 1 heterocycles. The topological polar surface area (TPSA) is 94.1 Å². The van der Waals surface area contributed by atoms with Crippen LogP contribution in [0.1, 0.15) is 32.1 Å². The molecule has 1 amide bonds. The van der Waals surface area contributed by atoms with Gasteiger partial charge in [0.1, 0.15) is 12.6 Å². The van der Waals surface area contributed by atoms with E-state index in [1.165, 1.54) is 6.08 Å². The molecule has 1 aliphatic rings. The number of alkyl carbamates (subject to hydrolysis) is 1. The molecule has 0 aromatic carbocycles. The third kappa shape index (κ3) is 7.67. The van der Waals surface area contributed by atoms with Crippen molar-refractivity contribution in [2.45, 2.75) is 44.4 Å². The molecular formula is C14H23NO6. The van der Waals surface area contributed by atoms with Gasteiger partial charge in [-0.2, -0.15) is 0 Å². The molecule has 1 saturated heterocycles. The molecule has 1 unspecified atom stereocenters. The van der Waals surface area contributed by atoms with Gasteiger partial charge in [0.2, 0.25) is 0 Å². The lowest BCUT2D eigenvalue weighted by molar-refractivity contribution is -0.139. The molecule has 0 aromatic heterocycles. The highest BCUT2D eigenvalue weighted by atomic mass is 16.7. The first-order chi connectivity index (χ1) is 10.1. The molecule has 1 rings (SSSR count). The average molecular weight is 301 g/mol. The minimum absolute atomic E-state index is 0.0551. The number of ether oxygens (including phenoxy) is 3. The van der Waals surface area contributed by atoms with Gasteiger partial charge in [0.05, 0.1) is 13.2 Å². The summed E-state index contributed by atoms with van der Waals surface area (Å²) in [5, 5.41) is 11.4. The van der Waals surface area contributed by atoms with Crippen molar-refractivity contribution >= 4 is 12.1 Å². The Balaban J connectivity index is 2.13. The maximum atomic E-state index is 11.3. The van der Waals surface area contributed by atoms with Crippen molar-refractivity contribution in [2.24, 2.45) is 0 Å². The molecule has 0 bridgehead atoms. The number of carbonyl (C=O) groups excluding carboxylic acids is 1. The summed E-state index contributed by atoms with van der Waals surface area (Å²) in [7, 11) is 0. The lowest BCUT2D eigenvalue weighted by Crippen LogP contribution is -2.41. The molecule has 0 aromatic rings. The van der Waals surface area contributed by atoms with Gasteiger partial charge in [-0.1, -0.05) is 25.5 Å². The van der Waals surface area contributed by atoms with Crippen molar-refractivity contribution in [3.05, 3.63) is 12.7 Å². The minimum atomic E-state index is -1.06. The predicted octanol–water partition coefficient (Wildman–Crippen LogP) is 1.68. The normalized spacial score (nSPS) is 16.4. The summed E-state index contributed by atoms with van der Waals surface area (Å²) in [6.07, 6.45) is 4.20. The van der Waals surface area contributed by atoms with E-state index in [1.54, 1.807) is 0 Å². The van der Waals surface area contributed by atoms with Gasteiger partial charge in [-0.3, -0.25) is 0 Å². The van der Waals surface area contributed by atoms with Crippen molar-refractivity contribution in [1.82, 2.24) is 5.32 Å². The van der Waals surface area contributed by atoms with Gasteiger partial charge in [0.25, 0.3) is 0 Å². The van der Waals surface area contributed by atoms with Crippen molar-refractivity contribution in [3.63, 3.8) is 0 Å². The Bertz CT molecular complexity index is 340. The van der Waals surface area contributed by atoms with E-state index in [4.69, 9.17) is 19.3 Å². The summed E-state index contributed by atoms with van der Waals surface area (Å²) in [5.74, 6) is -1.06. The second-order valence-electron chi connectivity index (χ2n) is 4.73. The van der Waals surface area contributed by atoms with Crippen LogP contribution in [0.15, 0.2) is 12.7 Å². The van der Waals surface area contributed by atoms with E-state index in [-0.39, 0.29) is 12.9 Å². The molecule has 0 radical (unpaired) electrons. The molecule has 7 nitrogen and oxygen atoms in total. The highest BCUT2D eigenvalue weighted by molar-refractivity contribution is 5.79. The number of hydrogen-bond acceptors (Lipinski definition) is 5. The highest BCUT2D eigenvalue weighted by Gasteiger charge is 2.20. The average Bonchev–Trinajstić information content (AvgIpc) is 2.96. The molecule has 2 N–H and O–H groups in total. The monoisotopic (exact) mass is 301 g/mol. The fourth-order valence-electron chi connectivity index (χ4n) is 1.99. The Labute approximate surface area is 124 Å². The number of amides is 1. The number of nitrogens with one attached hydrogen (secondary N) is 1. The first-order valence-corrected chi connectivity index (χ1v) is 7.13. The Morgan fingerprint density at radius 1 is 1.33 bits per heavy atom. The van der Waals surface area contributed by atoms with Gasteiger partial charge in [0.15, 0.2) is 6.29 Å². The smallest absolute Gasteiger partial charge is 0.408 e. The molecule has 120 valence electrons. The van der Waals surface area contributed by atoms with E-state index in [2.05, 4.69) is 11.9 Å². The molecule has 0 saturated carbocycles. The quantitative estimate of drug-likeness (QED) is 0.471. The lowest BCUT2D eigenvalue weighted by Gasteiger charge is -2.14. The standard InChI is InChI=1S/C14H23NO6/c1-2-8-21-14(18)15-11(13(16)17)6-4-3-5-7-12-19-9-10-20-12/h2,11-12H,1,3-10H2,(H,15,18)(H,16,17). The van der Waals surface area contributed by atoms with Crippen LogP contribution in [0.3, 0.4) is 0 Å². The van der Waals surface area contributed by atoms with Crippen LogP contribution in [-0.4, -0.2) is 49.3 Å². The number of carboxylic acid groups (broad SMARTS) is 1. The Kier molecular flexibility index (Phi) is 8.45. The van der Waals surface area contributed by atoms with Crippen molar-refractivity contribution in [1.29, 1.82) is 0 Å². The fraction of sp³-hybridized carbons (Fsp3) is 0.714. The third-order valence-electron chi connectivity index (χ3n) is 3.05. The zero-order valence-electron chi connectivity index (χ0n) is 12.1. The lowest BCUT2D eigenvalue weighted by atomic mass is 10.1. The first-order valence-electron chi connectivity index (χ1n) is 7.13. The number of unbranched alkanes of at least 4 members (excludes halogenated alkanes) is 2. The summed E-state index contributed by atoms with van der Waals surface area (Å²) in [6.45, 7) is 4.75. The van der Waals surface area contributed by atoms with Gasteiger partial charge < -0.3 is 24.6 Å². The molecule has 7 heteroatoms. The van der Waals surface area contributed by atoms with Gasteiger partial charge in [-0.25, -0.2) is 9.59 Å². The zero-order chi connectivity index (χ0) is 15.5. The van der Waals surface area contributed by atoms with Gasteiger partial charge in [-0.15, -0.1) is 0 Å². The second kappa shape index (κ2) is 10.2. The number of aliphatic carboxylic acids is 1. The fourth-order valence-corrected chi connectivity index (χ4v) is 1.99. The zero-order valence-corrected chi connectivity index (χ0v) is 12.1. The van der Waals surface area contributed by atoms with Gasteiger partial charge in [0, 0.05) is 0 Å². The van der Waals surface area contributed by atoms with E-state index in [0.717, 1.165) is 19.3 Å². The minimum Gasteiger partial charge on any atom is -0.480 e. The van der Waals surface area contributed by atoms with Crippen LogP contribution in [0.5, 0.6) is 0 Å². The number of hydrogen-bond donors (Lipinski definition) is 2. The van der Waals surface area contributed by atoms with Crippen LogP contribution < -0.4 is 5.32 Å². The van der Waals surface area contributed by atoms with E-state index < -0.39 is 18.1 Å². The van der Waals surface area contributed by atoms with Crippen LogP contribution >= 0.6 is 0 Å². The van der Waals surface area contributed by atoms with Crippen molar-refractivity contribution < 1.29 is 28.9 Å². The number of carboxylic acids is 1. The van der Waals surface area contributed by atoms with Crippen molar-refractivity contribution in [3.8, 4) is 0 Å². The number of carbonyl (C=O) groups is 2. The van der Waals surface area contributed by atoms with Crippen LogP contribution in [-0.2, 0) is 19.0 Å². The maximum Gasteiger partial charge on any atom is 0.408 e. The SMILES string of the molecule is C=CCOC(=O)NC(CCCCCC1OCCO1)C(=O)O. The van der Waals surface area contributed by atoms with Crippen LogP contribution in [0, 0.1) is 0 Å². The van der Waals surface area contributed by atoms with Crippen molar-refractivity contribution in [2.75, 3.05) is 19.8 Å². The van der Waals surface area contributed by atoms with Gasteiger partial charge in [-0.05, 0) is 19.3 Å². The third-order valence-corrected chi connectivity index (χ3v) is 3.05. The Morgan fingerprint density at radius 2 is 2.05 bits per heavy atom. The molecular weight excluding hydrogens is 278 g/mol. The van der Waals surface area contributed by atoms with Crippen LogP contribution in [0.4, 0.5) is 4.79 Å². The van der Waals surface area contributed by atoms with E-state index in [0.29, 0.717) is 26.1 Å². The predicted molar refractivity (Wildman–Crippen MR) is 74.9 cm³/mol. The summed E-state index contributed by atoms with van der Waals surface area (Å²) in [5.41, 5.74) is 0. The Hall–Kier alpha value is -1.60. The van der Waals surface area contributed by atoms with E-state index >= 15 is 0 Å². The second-order valence-corrected chi connectivity index (χ2v) is 4.73. The first kappa shape index (κ1) is 17.5. The summed E-state index contributed by atoms with van der Waals surface area (Å²) in [4.78, 5) is 22.4. The number of rotatable bonds is 10. The molecule has 21 heavy (non-hydrogen) atoms. The molecule has 0 spiro atoms. The molecule has 1 atom stereocenters. The van der Waals surface area contributed by atoms with Gasteiger partial charge >= 0.3 is 12.1 Å². The van der Waals surface area contributed by atoms with Crippen LogP contribution in [0.2, 0.25) is 0 Å². The largest absolute Gasteiger partial charge is 0.480 e. The van der Waals surface area contributed by atoms with E-state index in [9.17, 15) is 9.59 Å². The highest BCUT2D eigenvalue weighted by Crippen LogP contribution is 2.14. The Morgan fingerprint density at radius 3 is 2.67 bits per heavy atom. The van der Waals surface area contributed by atoms with E-state index in [1.807, 2.05) is 0 Å². The molecule has 0 aliphatic carbocycles.